The molecule has 0 saturated heterocycles. The number of allylic oxidation sites excluding steroid dienone is 24. The maximum absolute atomic E-state index is 12.3. The molecule has 0 bridgehead atoms. The van der Waals surface area contributed by atoms with Crippen molar-refractivity contribution in [1.29, 1.82) is 0 Å². The van der Waals surface area contributed by atoms with Crippen molar-refractivity contribution in [2.45, 2.75) is 251 Å². The van der Waals surface area contributed by atoms with E-state index in [0.717, 1.165) is 122 Å². The Kier molecular flexibility index (Phi) is 57.5. The number of carbonyl (C=O) groups is 2. The second kappa shape index (κ2) is 61.1. The van der Waals surface area contributed by atoms with Crippen molar-refractivity contribution in [2.24, 2.45) is 0 Å². The second-order valence-electron chi connectivity index (χ2n) is 19.0. The van der Waals surface area contributed by atoms with Crippen LogP contribution in [0.4, 0.5) is 0 Å². The molecule has 1 atom stereocenters. The van der Waals surface area contributed by atoms with Gasteiger partial charge >= 0.3 is 11.9 Å². The summed E-state index contributed by atoms with van der Waals surface area (Å²) in [5.41, 5.74) is 0. The van der Waals surface area contributed by atoms with Gasteiger partial charge in [-0.15, -0.1) is 0 Å². The van der Waals surface area contributed by atoms with E-state index in [-0.39, 0.29) is 25.2 Å². The lowest BCUT2D eigenvalue weighted by Crippen LogP contribution is -2.28. The molecule has 0 heterocycles. The van der Waals surface area contributed by atoms with Gasteiger partial charge in [0.25, 0.3) is 0 Å². The van der Waals surface area contributed by atoms with Crippen LogP contribution < -0.4 is 0 Å². The quantitative estimate of drug-likeness (QED) is 0.0373. The first-order valence-corrected chi connectivity index (χ1v) is 29.4. The Morgan fingerprint density at radius 2 is 0.556 bits per heavy atom. The summed E-state index contributed by atoms with van der Waals surface area (Å²) in [4.78, 5) is 24.6. The molecule has 406 valence electrons. The summed E-state index contributed by atoms with van der Waals surface area (Å²) in [7, 11) is 0. The highest BCUT2D eigenvalue weighted by molar-refractivity contribution is 5.70. The topological polar surface area (TPSA) is 72.8 Å². The van der Waals surface area contributed by atoms with E-state index in [0.29, 0.717) is 12.8 Å². The van der Waals surface area contributed by atoms with Gasteiger partial charge in [-0.2, -0.15) is 0 Å². The van der Waals surface area contributed by atoms with Crippen molar-refractivity contribution in [3.8, 4) is 0 Å². The molecule has 0 spiro atoms. The van der Waals surface area contributed by atoms with Gasteiger partial charge in [-0.1, -0.05) is 262 Å². The Labute approximate surface area is 444 Å². The summed E-state index contributed by atoms with van der Waals surface area (Å²) < 4.78 is 10.7. The van der Waals surface area contributed by atoms with E-state index in [4.69, 9.17) is 9.47 Å². The zero-order valence-corrected chi connectivity index (χ0v) is 46.4. The molecule has 72 heavy (non-hydrogen) atoms. The molecule has 0 fully saturated rings. The van der Waals surface area contributed by atoms with Gasteiger partial charge in [0.1, 0.15) is 6.61 Å². The van der Waals surface area contributed by atoms with Gasteiger partial charge in [-0.3, -0.25) is 9.59 Å². The van der Waals surface area contributed by atoms with Crippen molar-refractivity contribution in [1.82, 2.24) is 0 Å². The maximum atomic E-state index is 12.3. The number of unbranched alkanes of at least 4 members (excludes halogenated alkanes) is 20. The molecule has 5 nitrogen and oxygen atoms in total. The zero-order chi connectivity index (χ0) is 52.0. The lowest BCUT2D eigenvalue weighted by molar-refractivity contribution is -0.161. The molecule has 0 aromatic heterocycles. The molecule has 0 aromatic rings. The molecule has 0 amide bonds. The van der Waals surface area contributed by atoms with Crippen LogP contribution in [0.15, 0.2) is 146 Å². The predicted molar refractivity (Wildman–Crippen MR) is 315 cm³/mol. The van der Waals surface area contributed by atoms with Crippen LogP contribution in [0.1, 0.15) is 245 Å². The summed E-state index contributed by atoms with van der Waals surface area (Å²) in [6.07, 6.45) is 92.4. The fraction of sp³-hybridized carbons (Fsp3) is 0.612. The lowest BCUT2D eigenvalue weighted by Gasteiger charge is -2.15. The van der Waals surface area contributed by atoms with E-state index >= 15 is 0 Å². The van der Waals surface area contributed by atoms with Crippen LogP contribution in [-0.4, -0.2) is 36.4 Å². The third kappa shape index (κ3) is 58.4. The predicted octanol–water partition coefficient (Wildman–Crippen LogP) is 20.2. The molecule has 5 heteroatoms. The SMILES string of the molecule is CC/C=C\C/C=C\C/C=C\C/C=C\C/C=C\C/C=C\C/C=C\CCCCCCCCCC(=O)OC(CO)COC(=O)CCCCCCCCCCCCCCC/C=C\C/C=C\C/C=C\C/C=C\C/C=C\CC. The summed E-state index contributed by atoms with van der Waals surface area (Å²) in [6.45, 7) is 3.90. The van der Waals surface area contributed by atoms with Crippen LogP contribution in [0, 0.1) is 0 Å². The van der Waals surface area contributed by atoms with Crippen molar-refractivity contribution < 1.29 is 24.2 Å². The summed E-state index contributed by atoms with van der Waals surface area (Å²) in [6, 6.07) is 0. The zero-order valence-electron chi connectivity index (χ0n) is 46.4. The average molecular weight is 994 g/mol. The summed E-state index contributed by atoms with van der Waals surface area (Å²) in [5, 5.41) is 9.67. The molecule has 1 unspecified atom stereocenters. The second-order valence-corrected chi connectivity index (χ2v) is 19.0. The number of carbonyl (C=O) groups excluding carboxylic acids is 2. The minimum atomic E-state index is -0.790. The first-order chi connectivity index (χ1) is 35.6. The van der Waals surface area contributed by atoms with Gasteiger partial charge in [0.15, 0.2) is 6.10 Å². The van der Waals surface area contributed by atoms with E-state index in [1.54, 1.807) is 0 Å². The Bertz CT molecular complexity index is 1540. The molecular formula is C67H108O5. The fourth-order valence-electron chi connectivity index (χ4n) is 7.80. The van der Waals surface area contributed by atoms with Crippen LogP contribution in [0.25, 0.3) is 0 Å². The minimum Gasteiger partial charge on any atom is -0.462 e. The number of hydrogen-bond donors (Lipinski definition) is 1. The summed E-state index contributed by atoms with van der Waals surface area (Å²) in [5.74, 6) is -0.611. The number of esters is 2. The van der Waals surface area contributed by atoms with Crippen LogP contribution in [0.2, 0.25) is 0 Å². The van der Waals surface area contributed by atoms with Gasteiger partial charge in [0.2, 0.25) is 0 Å². The van der Waals surface area contributed by atoms with E-state index in [1.807, 2.05) is 0 Å². The average Bonchev–Trinajstić information content (AvgIpc) is 3.38. The molecule has 1 N–H and O–H groups in total. The van der Waals surface area contributed by atoms with Crippen LogP contribution in [0.3, 0.4) is 0 Å². The van der Waals surface area contributed by atoms with Gasteiger partial charge in [-0.25, -0.2) is 0 Å². The van der Waals surface area contributed by atoms with Gasteiger partial charge < -0.3 is 14.6 Å². The number of aliphatic hydroxyl groups is 1. The Morgan fingerprint density at radius 3 is 0.833 bits per heavy atom. The van der Waals surface area contributed by atoms with Gasteiger partial charge in [0.05, 0.1) is 6.61 Å². The number of ether oxygens (including phenoxy) is 2. The lowest BCUT2D eigenvalue weighted by atomic mass is 10.0. The normalized spacial score (nSPS) is 13.3. The first-order valence-electron chi connectivity index (χ1n) is 29.4. The van der Waals surface area contributed by atoms with Crippen LogP contribution in [0.5, 0.6) is 0 Å². The van der Waals surface area contributed by atoms with Crippen molar-refractivity contribution >= 4 is 11.9 Å². The first kappa shape index (κ1) is 67.8. The Balaban J connectivity index is 3.57. The Hall–Kier alpha value is -4.22. The highest BCUT2D eigenvalue weighted by Gasteiger charge is 2.16. The van der Waals surface area contributed by atoms with E-state index in [9.17, 15) is 14.7 Å². The maximum Gasteiger partial charge on any atom is 0.306 e. The van der Waals surface area contributed by atoms with Crippen LogP contribution in [-0.2, 0) is 19.1 Å². The monoisotopic (exact) mass is 993 g/mol. The molecule has 0 aliphatic heterocycles. The highest BCUT2D eigenvalue weighted by atomic mass is 16.6. The number of aliphatic hydroxyl groups excluding tert-OH is 1. The Morgan fingerprint density at radius 1 is 0.319 bits per heavy atom. The molecule has 0 rings (SSSR count). The van der Waals surface area contributed by atoms with E-state index in [1.165, 1.54) is 96.3 Å². The van der Waals surface area contributed by atoms with Crippen molar-refractivity contribution in [2.75, 3.05) is 13.2 Å². The number of hydrogen-bond acceptors (Lipinski definition) is 5. The van der Waals surface area contributed by atoms with Crippen molar-refractivity contribution in [3.05, 3.63) is 146 Å². The van der Waals surface area contributed by atoms with Crippen molar-refractivity contribution in [3.63, 3.8) is 0 Å². The van der Waals surface area contributed by atoms with Gasteiger partial charge in [0, 0.05) is 12.8 Å². The van der Waals surface area contributed by atoms with E-state index in [2.05, 4.69) is 160 Å². The summed E-state index contributed by atoms with van der Waals surface area (Å²) >= 11 is 0. The molecule has 0 aliphatic carbocycles. The minimum absolute atomic E-state index is 0.0795. The molecule has 0 radical (unpaired) electrons. The van der Waals surface area contributed by atoms with E-state index < -0.39 is 6.10 Å². The molecule has 0 aliphatic rings. The molecule has 0 aromatic carbocycles. The third-order valence-corrected chi connectivity index (χ3v) is 12.1. The smallest absolute Gasteiger partial charge is 0.306 e. The number of rotatable bonds is 52. The van der Waals surface area contributed by atoms with Gasteiger partial charge in [-0.05, 0) is 116 Å². The third-order valence-electron chi connectivity index (χ3n) is 12.1. The largest absolute Gasteiger partial charge is 0.462 e. The standard InChI is InChI=1S/C67H108O5/c1-3-5-7-9-11-13-15-17-19-21-23-25-27-29-31-33-35-37-39-41-43-45-47-49-51-53-55-57-59-61-66(69)71-64-65(63-68)72-67(70)62-60-58-56-54-52-50-48-46-44-42-40-38-36-34-32-30-28-26-24-22-20-18-16-14-12-10-8-6-4-2/h5-8,11-14,17-20,23-26,29-32,36,38,42,44,65,68H,3-4,9-10,15-16,21-22,27-28,33-35,37,39-41,43,45-64H2,1-2H3/b7-5-,8-6-,13-11-,14-12-,19-17-,20-18-,25-23-,26-24-,31-29-,32-30-,38-36-,44-42-. The molecule has 0 saturated carbocycles. The fourth-order valence-corrected chi connectivity index (χ4v) is 7.80. The van der Waals surface area contributed by atoms with Crippen LogP contribution >= 0.6 is 0 Å². The molecular weight excluding hydrogens is 885 g/mol. The highest BCUT2D eigenvalue weighted by Crippen LogP contribution is 2.15.